The summed E-state index contributed by atoms with van der Waals surface area (Å²) in [6.45, 7) is -1.28. The quantitative estimate of drug-likeness (QED) is 0.127. The van der Waals surface area contributed by atoms with E-state index in [1.54, 1.807) is 12.1 Å². The first kappa shape index (κ1) is 32.1. The number of rotatable bonds is 9. The molecule has 0 aliphatic carbocycles. The number of hydrogen-bond donors (Lipinski definition) is 7. The van der Waals surface area contributed by atoms with Gasteiger partial charge in [0.25, 0.3) is 0 Å². The van der Waals surface area contributed by atoms with E-state index >= 15 is 0 Å². The Morgan fingerprint density at radius 3 is 2.02 bits per heavy atom. The lowest BCUT2D eigenvalue weighted by Gasteiger charge is -2.42. The van der Waals surface area contributed by atoms with Crippen LogP contribution >= 0.6 is 0 Å². The highest BCUT2D eigenvalue weighted by Gasteiger charge is 2.48. The molecule has 0 saturated carbocycles. The fourth-order valence-corrected chi connectivity index (χ4v) is 5.21. The van der Waals surface area contributed by atoms with Crippen molar-refractivity contribution in [1.82, 2.24) is 0 Å². The molecule has 3 aromatic rings. The average Bonchev–Trinajstić information content (AvgIpc) is 3.03. The van der Waals surface area contributed by atoms with Crippen molar-refractivity contribution in [1.29, 1.82) is 0 Å². The van der Waals surface area contributed by atoms with Gasteiger partial charge in [0.2, 0.25) is 17.5 Å². The van der Waals surface area contributed by atoms with E-state index in [1.807, 2.05) is 0 Å². The maximum absolute atomic E-state index is 13.8. The lowest BCUT2D eigenvalue weighted by molar-refractivity contribution is -0.323. The van der Waals surface area contributed by atoms with Crippen LogP contribution in [-0.4, -0.2) is 132 Å². The van der Waals surface area contributed by atoms with Crippen molar-refractivity contribution in [3.05, 3.63) is 34.5 Å². The summed E-state index contributed by atoms with van der Waals surface area (Å²) in [5.74, 6) is 0.0477. The van der Waals surface area contributed by atoms with Crippen LogP contribution in [0.2, 0.25) is 0 Å². The molecule has 5 rings (SSSR count). The predicted octanol–water partition coefficient (Wildman–Crippen LogP) is -2.03. The van der Waals surface area contributed by atoms with E-state index in [-0.39, 0.29) is 39.2 Å². The predicted molar refractivity (Wildman–Crippen MR) is 147 cm³/mol. The lowest BCUT2D eigenvalue weighted by atomic mass is 9.98. The molecule has 44 heavy (non-hydrogen) atoms. The smallest absolute Gasteiger partial charge is 0.229 e. The summed E-state index contributed by atoms with van der Waals surface area (Å²) < 4.78 is 44.7. The van der Waals surface area contributed by atoms with Gasteiger partial charge in [0.05, 0.1) is 39.9 Å². The van der Waals surface area contributed by atoms with Crippen LogP contribution in [0.5, 0.6) is 23.0 Å². The van der Waals surface area contributed by atoms with E-state index in [0.29, 0.717) is 5.75 Å². The van der Waals surface area contributed by atoms with Gasteiger partial charge in [-0.3, -0.25) is 4.79 Å². The molecular weight excluding hydrogens is 592 g/mol. The van der Waals surface area contributed by atoms with Crippen LogP contribution in [0.15, 0.2) is 33.5 Å². The summed E-state index contributed by atoms with van der Waals surface area (Å²) >= 11 is 0. The number of fused-ring (bicyclic) bond motifs is 2. The molecule has 0 amide bonds. The van der Waals surface area contributed by atoms with Crippen molar-refractivity contribution in [2.75, 3.05) is 34.5 Å². The Morgan fingerprint density at radius 1 is 0.750 bits per heavy atom. The SMILES string of the molecule is COc1cc2oc3c(OC)cccc3c(=O)c2c(O[C@@H]2O[C@H](CO[C@@H]3O[C@H](CO)[C@@H](O)[C@H](O)[C@H]3O)[C@@H](O)[C@H](O)[C@H]2O)c1OC. The molecule has 2 fully saturated rings. The molecule has 16 nitrogen and oxygen atoms in total. The monoisotopic (exact) mass is 626 g/mol. The zero-order valence-electron chi connectivity index (χ0n) is 23.8. The Morgan fingerprint density at radius 2 is 1.39 bits per heavy atom. The second-order valence-corrected chi connectivity index (χ2v) is 10.2. The maximum Gasteiger partial charge on any atom is 0.229 e. The summed E-state index contributed by atoms with van der Waals surface area (Å²) in [6, 6.07) is 6.13. The van der Waals surface area contributed by atoms with Gasteiger partial charge in [0.1, 0.15) is 59.8 Å². The number of aliphatic hydroxyl groups excluding tert-OH is 7. The maximum atomic E-state index is 13.8. The molecule has 0 bridgehead atoms. The van der Waals surface area contributed by atoms with Crippen LogP contribution < -0.4 is 24.4 Å². The fourth-order valence-electron chi connectivity index (χ4n) is 5.21. The highest BCUT2D eigenvalue weighted by atomic mass is 16.7. The Balaban J connectivity index is 1.49. The third kappa shape index (κ3) is 5.54. The number of aliphatic hydroxyl groups is 7. The molecule has 16 heteroatoms. The molecule has 2 saturated heterocycles. The number of para-hydroxylation sites is 1. The van der Waals surface area contributed by atoms with Crippen molar-refractivity contribution >= 4 is 21.9 Å². The molecule has 2 aliphatic rings. The molecule has 0 spiro atoms. The first-order chi connectivity index (χ1) is 21.1. The van der Waals surface area contributed by atoms with Gasteiger partial charge in [-0.2, -0.15) is 0 Å². The number of methoxy groups -OCH3 is 3. The van der Waals surface area contributed by atoms with Crippen molar-refractivity contribution in [2.24, 2.45) is 0 Å². The van der Waals surface area contributed by atoms with E-state index in [9.17, 15) is 40.5 Å². The Hall–Kier alpha value is -3.29. The number of hydrogen-bond acceptors (Lipinski definition) is 16. The molecule has 0 radical (unpaired) electrons. The third-order valence-electron chi connectivity index (χ3n) is 7.65. The lowest BCUT2D eigenvalue weighted by Crippen LogP contribution is -2.62. The van der Waals surface area contributed by atoms with Gasteiger partial charge in [-0.05, 0) is 12.1 Å². The average molecular weight is 627 g/mol. The minimum absolute atomic E-state index is 0.00744. The molecular formula is C28H34O16. The second kappa shape index (κ2) is 13.0. The van der Waals surface area contributed by atoms with Gasteiger partial charge in [0, 0.05) is 6.07 Å². The molecule has 7 N–H and O–H groups in total. The van der Waals surface area contributed by atoms with Gasteiger partial charge in [0.15, 0.2) is 29.1 Å². The van der Waals surface area contributed by atoms with Gasteiger partial charge < -0.3 is 73.3 Å². The standard InChI is InChI=1S/C28H34O16/c1-37-11-6-4-5-10-17(30)16-12(41-24(10)11)7-13(38-2)25(39-3)26(16)44-28-23(36)21(34)19(32)15(43-28)9-40-27-22(35)20(33)18(31)14(8-29)42-27/h4-7,14-15,18-23,27-29,31-36H,8-9H2,1-3H3/t14-,15-,18-,19-,20+,21+,22-,23-,27-,28+/m1/s1. The van der Waals surface area contributed by atoms with Gasteiger partial charge in [-0.1, -0.05) is 6.07 Å². The van der Waals surface area contributed by atoms with E-state index in [2.05, 4.69) is 0 Å². The van der Waals surface area contributed by atoms with Crippen molar-refractivity contribution in [2.45, 2.75) is 61.4 Å². The molecule has 2 aromatic carbocycles. The van der Waals surface area contributed by atoms with Crippen molar-refractivity contribution in [3.8, 4) is 23.0 Å². The largest absolute Gasteiger partial charge is 0.493 e. The van der Waals surface area contributed by atoms with Gasteiger partial charge >= 0.3 is 0 Å². The first-order valence-corrected chi connectivity index (χ1v) is 13.5. The molecule has 2 aliphatic heterocycles. The summed E-state index contributed by atoms with van der Waals surface area (Å²) in [7, 11) is 4.04. The fraction of sp³-hybridized carbons (Fsp3) is 0.536. The third-order valence-corrected chi connectivity index (χ3v) is 7.65. The Labute approximate surface area is 249 Å². The topological polar surface area (TPSA) is 236 Å². The van der Waals surface area contributed by atoms with E-state index in [1.165, 1.54) is 33.5 Å². The van der Waals surface area contributed by atoms with Crippen LogP contribution in [-0.2, 0) is 14.2 Å². The van der Waals surface area contributed by atoms with Crippen molar-refractivity contribution < 1.29 is 73.3 Å². The zero-order chi connectivity index (χ0) is 31.9. The van der Waals surface area contributed by atoms with E-state index in [0.717, 1.165) is 0 Å². The highest BCUT2D eigenvalue weighted by molar-refractivity contribution is 5.97. The van der Waals surface area contributed by atoms with Gasteiger partial charge in [-0.15, -0.1) is 0 Å². The Bertz CT molecular complexity index is 1520. The van der Waals surface area contributed by atoms with E-state index < -0.39 is 80.1 Å². The molecule has 1 aromatic heterocycles. The summed E-state index contributed by atoms with van der Waals surface area (Å²) in [5.41, 5.74) is -0.388. The normalized spacial score (nSPS) is 32.5. The summed E-state index contributed by atoms with van der Waals surface area (Å²) in [5, 5.41) is 71.8. The van der Waals surface area contributed by atoms with Crippen molar-refractivity contribution in [3.63, 3.8) is 0 Å². The highest BCUT2D eigenvalue weighted by Crippen LogP contribution is 2.45. The van der Waals surface area contributed by atoms with Crippen LogP contribution in [0.25, 0.3) is 21.9 Å². The number of ether oxygens (including phenoxy) is 7. The molecule has 242 valence electrons. The van der Waals surface area contributed by atoms with Crippen LogP contribution in [0.4, 0.5) is 0 Å². The molecule has 3 heterocycles. The summed E-state index contributed by atoms with van der Waals surface area (Å²) in [6.07, 6.45) is -16.5. The number of benzene rings is 2. The first-order valence-electron chi connectivity index (χ1n) is 13.5. The minimum atomic E-state index is -1.85. The molecule has 10 atom stereocenters. The second-order valence-electron chi connectivity index (χ2n) is 10.2. The zero-order valence-corrected chi connectivity index (χ0v) is 23.8. The van der Waals surface area contributed by atoms with E-state index in [4.69, 9.17) is 37.6 Å². The van der Waals surface area contributed by atoms with Crippen LogP contribution in [0, 0.1) is 0 Å². The summed E-state index contributed by atoms with van der Waals surface area (Å²) in [4.78, 5) is 13.8. The van der Waals surface area contributed by atoms with Crippen LogP contribution in [0.3, 0.4) is 0 Å². The minimum Gasteiger partial charge on any atom is -0.493 e. The van der Waals surface area contributed by atoms with Gasteiger partial charge in [-0.25, -0.2) is 0 Å². The van der Waals surface area contributed by atoms with Crippen LogP contribution in [0.1, 0.15) is 0 Å². The molecule has 0 unspecified atom stereocenters. The Kier molecular flexibility index (Phi) is 9.47.